The highest BCUT2D eigenvalue weighted by molar-refractivity contribution is 7.88. The lowest BCUT2D eigenvalue weighted by Gasteiger charge is -2.36. The highest BCUT2D eigenvalue weighted by atomic mass is 32.2. The van der Waals surface area contributed by atoms with Crippen LogP contribution in [-0.4, -0.2) is 69.1 Å². The first kappa shape index (κ1) is 20.7. The fourth-order valence-electron chi connectivity index (χ4n) is 3.08. The average Bonchev–Trinajstić information content (AvgIpc) is 2.61. The zero-order valence-electron chi connectivity index (χ0n) is 16.1. The van der Waals surface area contributed by atoms with Crippen LogP contribution in [0.3, 0.4) is 0 Å². The number of rotatable bonds is 8. The molecule has 1 heterocycles. The fraction of sp³-hybridized carbons (Fsp3) is 0.632. The molecule has 0 aliphatic carbocycles. The second kappa shape index (κ2) is 9.37. The first-order valence-corrected chi connectivity index (χ1v) is 11.1. The molecule has 0 aromatic heterocycles. The zero-order chi connectivity index (χ0) is 19.2. The van der Waals surface area contributed by atoms with Crippen LogP contribution in [0, 0.1) is 5.92 Å². The lowest BCUT2D eigenvalue weighted by atomic mass is 10.1. The molecule has 1 fully saturated rings. The molecular weight excluding hydrogens is 350 g/mol. The Kier molecular flexibility index (Phi) is 7.46. The van der Waals surface area contributed by atoms with Crippen LogP contribution in [-0.2, 0) is 14.8 Å². The number of anilines is 1. The molecule has 0 atom stereocenters. The van der Waals surface area contributed by atoms with Gasteiger partial charge in [-0.1, -0.05) is 32.0 Å². The minimum Gasteiger partial charge on any atom is -0.368 e. The predicted octanol–water partition coefficient (Wildman–Crippen LogP) is 2.03. The van der Waals surface area contributed by atoms with E-state index in [9.17, 15) is 13.2 Å². The Morgan fingerprint density at radius 3 is 2.23 bits per heavy atom. The summed E-state index contributed by atoms with van der Waals surface area (Å²) in [5.74, 6) is 0.469. The average molecular weight is 382 g/mol. The lowest BCUT2D eigenvalue weighted by molar-refractivity contribution is -0.131. The molecule has 1 aromatic rings. The summed E-state index contributed by atoms with van der Waals surface area (Å²) in [6, 6.07) is 10.2. The first-order valence-electron chi connectivity index (χ1n) is 9.30. The highest BCUT2D eigenvalue weighted by Gasteiger charge is 2.23. The van der Waals surface area contributed by atoms with E-state index in [2.05, 4.69) is 30.9 Å². The Hall–Kier alpha value is -1.60. The van der Waals surface area contributed by atoms with Gasteiger partial charge >= 0.3 is 0 Å². The van der Waals surface area contributed by atoms with Crippen molar-refractivity contribution in [2.24, 2.45) is 5.92 Å². The molecule has 1 aliphatic heterocycles. The molecule has 1 amide bonds. The fourth-order valence-corrected chi connectivity index (χ4v) is 3.94. The molecule has 0 spiro atoms. The molecule has 0 saturated carbocycles. The minimum absolute atomic E-state index is 0.0379. The standard InChI is InChI=1S/C19H31N3O3S/c1-17(2)9-11-22(26(3,24)25)12-10-19(23)21-15-13-20(14-16-21)18-7-5-4-6-8-18/h4-8,17H,9-16H2,1-3H3. The molecule has 1 aliphatic rings. The van der Waals surface area contributed by atoms with Crippen molar-refractivity contribution in [2.75, 3.05) is 50.4 Å². The van der Waals surface area contributed by atoms with Gasteiger partial charge in [0, 0.05) is 51.4 Å². The number of piperazine rings is 1. The topological polar surface area (TPSA) is 60.9 Å². The summed E-state index contributed by atoms with van der Waals surface area (Å²) < 4.78 is 25.3. The third kappa shape index (κ3) is 6.29. The minimum atomic E-state index is -3.28. The van der Waals surface area contributed by atoms with E-state index in [-0.39, 0.29) is 18.9 Å². The van der Waals surface area contributed by atoms with Gasteiger partial charge < -0.3 is 9.80 Å². The molecule has 0 N–H and O–H groups in total. The number of benzene rings is 1. The van der Waals surface area contributed by atoms with Crippen molar-refractivity contribution in [1.82, 2.24) is 9.21 Å². The van der Waals surface area contributed by atoms with E-state index in [1.165, 1.54) is 16.2 Å². The van der Waals surface area contributed by atoms with Gasteiger partial charge in [-0.2, -0.15) is 0 Å². The van der Waals surface area contributed by atoms with Gasteiger partial charge in [-0.05, 0) is 24.5 Å². The maximum Gasteiger partial charge on any atom is 0.224 e. The number of carbonyl (C=O) groups is 1. The maximum absolute atomic E-state index is 12.5. The van der Waals surface area contributed by atoms with Crippen LogP contribution in [0.4, 0.5) is 5.69 Å². The van der Waals surface area contributed by atoms with Crippen LogP contribution in [0.15, 0.2) is 30.3 Å². The van der Waals surface area contributed by atoms with Crippen LogP contribution in [0.25, 0.3) is 0 Å². The number of amides is 1. The van der Waals surface area contributed by atoms with E-state index in [0.717, 1.165) is 19.5 Å². The van der Waals surface area contributed by atoms with E-state index in [0.29, 0.717) is 25.6 Å². The Morgan fingerprint density at radius 2 is 1.69 bits per heavy atom. The first-order chi connectivity index (χ1) is 12.3. The molecule has 1 saturated heterocycles. The van der Waals surface area contributed by atoms with Gasteiger partial charge in [0.25, 0.3) is 0 Å². The van der Waals surface area contributed by atoms with Gasteiger partial charge in [0.2, 0.25) is 15.9 Å². The zero-order valence-corrected chi connectivity index (χ0v) is 16.9. The Bertz CT molecular complexity index is 669. The second-order valence-electron chi connectivity index (χ2n) is 7.30. The number of carbonyl (C=O) groups excluding carboxylic acids is 1. The number of hydrogen-bond acceptors (Lipinski definition) is 4. The Morgan fingerprint density at radius 1 is 1.08 bits per heavy atom. The molecule has 26 heavy (non-hydrogen) atoms. The van der Waals surface area contributed by atoms with Gasteiger partial charge in [-0.15, -0.1) is 0 Å². The van der Waals surface area contributed by atoms with Crippen molar-refractivity contribution < 1.29 is 13.2 Å². The summed E-state index contributed by atoms with van der Waals surface area (Å²) in [5.41, 5.74) is 1.18. The summed E-state index contributed by atoms with van der Waals surface area (Å²) >= 11 is 0. The van der Waals surface area contributed by atoms with Crippen LogP contribution < -0.4 is 4.90 Å². The second-order valence-corrected chi connectivity index (χ2v) is 9.28. The van der Waals surface area contributed by atoms with E-state index in [1.807, 2.05) is 23.1 Å². The Balaban J connectivity index is 1.82. The normalized spacial score (nSPS) is 15.7. The van der Waals surface area contributed by atoms with E-state index in [1.54, 1.807) is 0 Å². The van der Waals surface area contributed by atoms with Crippen molar-refractivity contribution in [1.29, 1.82) is 0 Å². The summed E-state index contributed by atoms with van der Waals surface area (Å²) in [4.78, 5) is 16.6. The monoisotopic (exact) mass is 381 g/mol. The maximum atomic E-state index is 12.5. The number of sulfonamides is 1. The van der Waals surface area contributed by atoms with Crippen LogP contribution in [0.2, 0.25) is 0 Å². The van der Waals surface area contributed by atoms with Crippen LogP contribution in [0.5, 0.6) is 0 Å². The molecular formula is C19H31N3O3S. The van der Waals surface area contributed by atoms with Gasteiger partial charge in [0.15, 0.2) is 0 Å². The molecule has 7 heteroatoms. The molecule has 0 bridgehead atoms. The largest absolute Gasteiger partial charge is 0.368 e. The van der Waals surface area contributed by atoms with Crippen molar-refractivity contribution in [3.8, 4) is 0 Å². The highest BCUT2D eigenvalue weighted by Crippen LogP contribution is 2.16. The number of para-hydroxylation sites is 1. The molecule has 1 aromatic carbocycles. The van der Waals surface area contributed by atoms with Gasteiger partial charge in [-0.3, -0.25) is 4.79 Å². The predicted molar refractivity (Wildman–Crippen MR) is 106 cm³/mol. The molecule has 146 valence electrons. The van der Waals surface area contributed by atoms with E-state index < -0.39 is 10.0 Å². The van der Waals surface area contributed by atoms with Crippen molar-refractivity contribution in [3.63, 3.8) is 0 Å². The quantitative estimate of drug-likeness (QED) is 0.691. The Labute approximate surface area is 157 Å². The van der Waals surface area contributed by atoms with Crippen molar-refractivity contribution in [3.05, 3.63) is 30.3 Å². The van der Waals surface area contributed by atoms with E-state index >= 15 is 0 Å². The SMILES string of the molecule is CC(C)CCN(CCC(=O)N1CCN(c2ccccc2)CC1)S(C)(=O)=O. The molecule has 0 unspecified atom stereocenters. The van der Waals surface area contributed by atoms with Crippen LogP contribution in [0.1, 0.15) is 26.7 Å². The van der Waals surface area contributed by atoms with Gasteiger partial charge in [0.1, 0.15) is 0 Å². The van der Waals surface area contributed by atoms with Gasteiger partial charge in [-0.25, -0.2) is 12.7 Å². The summed E-state index contributed by atoms with van der Waals surface area (Å²) in [6.07, 6.45) is 2.27. The summed E-state index contributed by atoms with van der Waals surface area (Å²) in [7, 11) is -3.28. The molecule has 0 radical (unpaired) electrons. The van der Waals surface area contributed by atoms with Crippen LogP contribution >= 0.6 is 0 Å². The third-order valence-electron chi connectivity index (χ3n) is 4.75. The molecule has 2 rings (SSSR count). The van der Waals surface area contributed by atoms with Gasteiger partial charge in [0.05, 0.1) is 6.26 Å². The smallest absolute Gasteiger partial charge is 0.224 e. The number of nitrogens with zero attached hydrogens (tertiary/aromatic N) is 3. The van der Waals surface area contributed by atoms with E-state index in [4.69, 9.17) is 0 Å². The summed E-state index contributed by atoms with van der Waals surface area (Å²) in [5, 5.41) is 0. The third-order valence-corrected chi connectivity index (χ3v) is 6.06. The lowest BCUT2D eigenvalue weighted by Crippen LogP contribution is -2.49. The van der Waals surface area contributed by atoms with Crippen molar-refractivity contribution >= 4 is 21.6 Å². The number of hydrogen-bond donors (Lipinski definition) is 0. The summed E-state index contributed by atoms with van der Waals surface area (Å²) in [6.45, 7) is 7.85. The van der Waals surface area contributed by atoms with Crippen molar-refractivity contribution in [2.45, 2.75) is 26.7 Å². The molecule has 6 nitrogen and oxygen atoms in total.